The molecular weight excluding hydrogens is 343 g/mol. The van der Waals surface area contributed by atoms with E-state index in [1.165, 1.54) is 22.5 Å². The van der Waals surface area contributed by atoms with Crippen LogP contribution in [0.15, 0.2) is 47.6 Å². The van der Waals surface area contributed by atoms with Crippen molar-refractivity contribution in [2.45, 2.75) is 10.9 Å². The first-order chi connectivity index (χ1) is 12.1. The van der Waals surface area contributed by atoms with Gasteiger partial charge in [0.1, 0.15) is 5.82 Å². The van der Waals surface area contributed by atoms with Crippen molar-refractivity contribution in [3.63, 3.8) is 0 Å². The molecule has 0 fully saturated rings. The summed E-state index contributed by atoms with van der Waals surface area (Å²) in [6.07, 6.45) is 0. The summed E-state index contributed by atoms with van der Waals surface area (Å²) in [5.41, 5.74) is 1.33. The lowest BCUT2D eigenvalue weighted by Gasteiger charge is -2.09. The molecule has 3 aromatic rings. The molecule has 25 heavy (non-hydrogen) atoms. The molecule has 0 aliphatic rings. The zero-order chi connectivity index (χ0) is 17.8. The summed E-state index contributed by atoms with van der Waals surface area (Å²) in [6, 6.07) is 12.0. The predicted octanol–water partition coefficient (Wildman–Crippen LogP) is 3.11. The fraction of sp³-hybridized carbons (Fsp3) is 0.176. The second-order valence-electron chi connectivity index (χ2n) is 5.13. The minimum atomic E-state index is -0.252. The van der Waals surface area contributed by atoms with Crippen molar-refractivity contribution in [1.82, 2.24) is 14.9 Å². The van der Waals surface area contributed by atoms with Gasteiger partial charge in [-0.05, 0) is 29.8 Å². The summed E-state index contributed by atoms with van der Waals surface area (Å²) in [5, 5.41) is 8.71. The first kappa shape index (κ1) is 17.1. The van der Waals surface area contributed by atoms with Gasteiger partial charge in [-0.2, -0.15) is 0 Å². The van der Waals surface area contributed by atoms with E-state index < -0.39 is 0 Å². The number of hydrogen-bond donors (Lipinski definition) is 1. The minimum Gasteiger partial charge on any atom is -0.493 e. The Bertz CT molecular complexity index is 885. The van der Waals surface area contributed by atoms with Gasteiger partial charge >= 0.3 is 0 Å². The Morgan fingerprint density at radius 1 is 1.08 bits per heavy atom. The van der Waals surface area contributed by atoms with Crippen LogP contribution in [0.4, 0.5) is 4.39 Å². The zero-order valence-corrected chi connectivity index (χ0v) is 14.6. The number of methoxy groups -OCH3 is 2. The van der Waals surface area contributed by atoms with Gasteiger partial charge in [-0.1, -0.05) is 30.0 Å². The molecule has 3 rings (SSSR count). The highest BCUT2D eigenvalue weighted by atomic mass is 32.2. The maximum absolute atomic E-state index is 13.7. The lowest BCUT2D eigenvalue weighted by Crippen LogP contribution is -2.11. The second-order valence-corrected chi connectivity index (χ2v) is 6.07. The molecule has 130 valence electrons. The Morgan fingerprint density at radius 3 is 2.56 bits per heavy atom. The molecule has 0 aliphatic heterocycles. The van der Waals surface area contributed by atoms with Gasteiger partial charge in [0.15, 0.2) is 17.3 Å². The van der Waals surface area contributed by atoms with Crippen LogP contribution in [-0.4, -0.2) is 29.1 Å². The third-order valence-electron chi connectivity index (χ3n) is 3.62. The SMILES string of the molecule is COc1ccc(-c2nnc(SCc3ccccc3F)n2N)cc1OC. The Labute approximate surface area is 148 Å². The molecule has 0 unspecified atom stereocenters. The fourth-order valence-corrected chi connectivity index (χ4v) is 3.15. The number of halogens is 1. The molecule has 2 aromatic carbocycles. The Hall–Kier alpha value is -2.74. The van der Waals surface area contributed by atoms with Gasteiger partial charge in [0.2, 0.25) is 5.16 Å². The van der Waals surface area contributed by atoms with E-state index in [0.717, 1.165) is 5.56 Å². The normalized spacial score (nSPS) is 10.7. The monoisotopic (exact) mass is 360 g/mol. The smallest absolute Gasteiger partial charge is 0.210 e. The summed E-state index contributed by atoms with van der Waals surface area (Å²) in [5.74, 6) is 7.93. The number of hydrogen-bond acceptors (Lipinski definition) is 6. The minimum absolute atomic E-state index is 0.252. The predicted molar refractivity (Wildman–Crippen MR) is 94.7 cm³/mol. The molecule has 2 N–H and O–H groups in total. The second kappa shape index (κ2) is 7.43. The number of ether oxygens (including phenoxy) is 2. The van der Waals surface area contributed by atoms with E-state index in [9.17, 15) is 4.39 Å². The van der Waals surface area contributed by atoms with E-state index in [0.29, 0.717) is 33.8 Å². The summed E-state index contributed by atoms with van der Waals surface area (Å²) in [4.78, 5) is 0. The molecule has 0 amide bonds. The van der Waals surface area contributed by atoms with E-state index in [4.69, 9.17) is 15.3 Å². The highest BCUT2D eigenvalue weighted by Crippen LogP contribution is 2.32. The van der Waals surface area contributed by atoms with Crippen molar-refractivity contribution in [3.8, 4) is 22.9 Å². The lowest BCUT2D eigenvalue weighted by molar-refractivity contribution is 0.355. The van der Waals surface area contributed by atoms with E-state index in [2.05, 4.69) is 10.2 Å². The average Bonchev–Trinajstić information content (AvgIpc) is 3.01. The van der Waals surface area contributed by atoms with Crippen LogP contribution in [0.25, 0.3) is 11.4 Å². The first-order valence-corrected chi connectivity index (χ1v) is 8.41. The molecule has 8 heteroatoms. The average molecular weight is 360 g/mol. The summed E-state index contributed by atoms with van der Waals surface area (Å²) in [6.45, 7) is 0. The molecule has 6 nitrogen and oxygen atoms in total. The Balaban J connectivity index is 1.83. The molecule has 0 atom stereocenters. The first-order valence-electron chi connectivity index (χ1n) is 7.43. The quantitative estimate of drug-likeness (QED) is 0.538. The topological polar surface area (TPSA) is 75.2 Å². The van der Waals surface area contributed by atoms with Crippen molar-refractivity contribution in [1.29, 1.82) is 0 Å². The van der Waals surface area contributed by atoms with Crippen LogP contribution >= 0.6 is 11.8 Å². The molecule has 0 radical (unpaired) electrons. The Kier molecular flexibility index (Phi) is 5.08. The zero-order valence-electron chi connectivity index (χ0n) is 13.8. The van der Waals surface area contributed by atoms with Crippen LogP contribution in [0.2, 0.25) is 0 Å². The van der Waals surface area contributed by atoms with Gasteiger partial charge in [0, 0.05) is 11.3 Å². The third kappa shape index (κ3) is 3.53. The molecule has 1 aromatic heterocycles. The lowest BCUT2D eigenvalue weighted by atomic mass is 10.2. The van der Waals surface area contributed by atoms with Gasteiger partial charge in [-0.15, -0.1) is 10.2 Å². The van der Waals surface area contributed by atoms with Crippen molar-refractivity contribution in [2.24, 2.45) is 0 Å². The van der Waals surface area contributed by atoms with Gasteiger partial charge in [-0.3, -0.25) is 0 Å². The number of benzene rings is 2. The maximum Gasteiger partial charge on any atom is 0.210 e. The third-order valence-corrected chi connectivity index (χ3v) is 4.61. The maximum atomic E-state index is 13.7. The molecular formula is C17H17FN4O2S. The van der Waals surface area contributed by atoms with Crippen LogP contribution in [-0.2, 0) is 5.75 Å². The van der Waals surface area contributed by atoms with Crippen molar-refractivity contribution >= 4 is 11.8 Å². The van der Waals surface area contributed by atoms with Crippen LogP contribution in [0.1, 0.15) is 5.56 Å². The van der Waals surface area contributed by atoms with E-state index in [1.54, 1.807) is 44.6 Å². The van der Waals surface area contributed by atoms with Crippen molar-refractivity contribution < 1.29 is 13.9 Å². The summed E-state index contributed by atoms with van der Waals surface area (Å²) < 4.78 is 25.6. The van der Waals surface area contributed by atoms with Gasteiger partial charge < -0.3 is 15.3 Å². The highest BCUT2D eigenvalue weighted by molar-refractivity contribution is 7.98. The van der Waals surface area contributed by atoms with E-state index in [1.807, 2.05) is 6.07 Å². The molecule has 0 spiro atoms. The van der Waals surface area contributed by atoms with Crippen molar-refractivity contribution in [3.05, 3.63) is 53.8 Å². The fourth-order valence-electron chi connectivity index (χ4n) is 2.31. The molecule has 1 heterocycles. The number of aromatic nitrogens is 3. The van der Waals surface area contributed by atoms with Gasteiger partial charge in [0.05, 0.1) is 14.2 Å². The van der Waals surface area contributed by atoms with Crippen LogP contribution in [0.3, 0.4) is 0 Å². The Morgan fingerprint density at radius 2 is 1.84 bits per heavy atom. The highest BCUT2D eigenvalue weighted by Gasteiger charge is 2.15. The standard InChI is InChI=1S/C17H17FN4O2S/c1-23-14-8-7-11(9-15(14)24-2)16-20-21-17(22(16)19)25-10-12-5-3-4-6-13(12)18/h3-9H,10,19H2,1-2H3. The van der Waals surface area contributed by atoms with Crippen LogP contribution in [0, 0.1) is 5.82 Å². The number of thioether (sulfide) groups is 1. The van der Waals surface area contributed by atoms with E-state index >= 15 is 0 Å². The molecule has 0 saturated carbocycles. The number of rotatable bonds is 6. The largest absolute Gasteiger partial charge is 0.493 e. The number of nitrogen functional groups attached to an aromatic ring is 1. The van der Waals surface area contributed by atoms with E-state index in [-0.39, 0.29) is 5.82 Å². The number of nitrogens with two attached hydrogens (primary N) is 1. The van der Waals surface area contributed by atoms with Crippen LogP contribution < -0.4 is 15.3 Å². The molecule has 0 bridgehead atoms. The van der Waals surface area contributed by atoms with Gasteiger partial charge in [-0.25, -0.2) is 9.07 Å². The van der Waals surface area contributed by atoms with Crippen LogP contribution in [0.5, 0.6) is 11.5 Å². The molecule has 0 saturated heterocycles. The summed E-state index contributed by atoms with van der Waals surface area (Å²) >= 11 is 1.32. The van der Waals surface area contributed by atoms with Gasteiger partial charge in [0.25, 0.3) is 0 Å². The van der Waals surface area contributed by atoms with Crippen molar-refractivity contribution in [2.75, 3.05) is 20.1 Å². The molecule has 0 aliphatic carbocycles. The number of nitrogens with zero attached hydrogens (tertiary/aromatic N) is 3. The summed E-state index contributed by atoms with van der Waals surface area (Å²) in [7, 11) is 3.13.